The Morgan fingerprint density at radius 3 is 2.81 bits per heavy atom. The topological polar surface area (TPSA) is 122 Å². The second-order valence-corrected chi connectivity index (χ2v) is 7.55. The Morgan fingerprint density at radius 1 is 1.22 bits per heavy atom. The van der Waals surface area contributed by atoms with Crippen molar-refractivity contribution < 1.29 is 13.2 Å². The number of aryl methyl sites for hydroxylation is 1. The molecule has 1 saturated heterocycles. The molecule has 1 atom stereocenters. The zero-order valence-corrected chi connectivity index (χ0v) is 17.0. The van der Waals surface area contributed by atoms with Crippen molar-refractivity contribution >= 4 is 17.0 Å². The van der Waals surface area contributed by atoms with E-state index in [-0.39, 0.29) is 23.2 Å². The quantitative estimate of drug-likeness (QED) is 0.439. The molecule has 1 fully saturated rings. The molecule has 0 amide bonds. The van der Waals surface area contributed by atoms with Crippen molar-refractivity contribution in [3.63, 3.8) is 0 Å². The molecule has 0 unspecified atom stereocenters. The number of nitrogens with zero attached hydrogens (tertiary/aromatic N) is 7. The highest BCUT2D eigenvalue weighted by atomic mass is 19.4. The molecule has 1 aliphatic heterocycles. The van der Waals surface area contributed by atoms with Gasteiger partial charge in [0.05, 0.1) is 5.69 Å². The fourth-order valence-electron chi connectivity index (χ4n) is 3.77. The number of fused-ring (bicyclic) bond motifs is 1. The van der Waals surface area contributed by atoms with E-state index in [1.54, 1.807) is 19.1 Å². The van der Waals surface area contributed by atoms with Crippen molar-refractivity contribution in [2.75, 3.05) is 18.4 Å². The fraction of sp³-hybridized carbons (Fsp3) is 0.368. The van der Waals surface area contributed by atoms with E-state index in [9.17, 15) is 13.2 Å². The number of anilines is 1. The molecular weight excluding hydrogens is 425 g/mol. The molecule has 166 valence electrons. The van der Waals surface area contributed by atoms with Gasteiger partial charge < -0.3 is 15.6 Å². The maximum absolute atomic E-state index is 13.8. The van der Waals surface area contributed by atoms with Gasteiger partial charge in [0.2, 0.25) is 5.95 Å². The summed E-state index contributed by atoms with van der Waals surface area (Å²) in [5.41, 5.74) is -0.443. The minimum Gasteiger partial charge on any atom is -0.350 e. The van der Waals surface area contributed by atoms with Gasteiger partial charge in [0.1, 0.15) is 11.2 Å². The van der Waals surface area contributed by atoms with E-state index in [0.29, 0.717) is 29.2 Å². The van der Waals surface area contributed by atoms with Crippen molar-refractivity contribution in [1.82, 2.24) is 45.5 Å². The maximum Gasteiger partial charge on any atom is 0.419 e. The summed E-state index contributed by atoms with van der Waals surface area (Å²) in [6, 6.07) is 3.37. The van der Waals surface area contributed by atoms with E-state index in [1.165, 1.54) is 10.9 Å². The summed E-state index contributed by atoms with van der Waals surface area (Å²) in [6.45, 7) is 3.35. The van der Waals surface area contributed by atoms with Crippen molar-refractivity contribution in [2.24, 2.45) is 0 Å². The molecule has 1 aliphatic rings. The van der Waals surface area contributed by atoms with Crippen LogP contribution in [0, 0.1) is 6.92 Å². The Labute approximate surface area is 179 Å². The SMILES string of the molecule is Cc1nnnn1-c1ccc2c(-c3nc(N[C@H]4CCCNC4)ncc3C(F)(F)F)c[nH]c2n1. The minimum absolute atomic E-state index is 0.0556. The van der Waals surface area contributed by atoms with Crippen LogP contribution in [0.15, 0.2) is 24.5 Å². The number of tetrazole rings is 1. The summed E-state index contributed by atoms with van der Waals surface area (Å²) < 4.78 is 42.7. The number of aromatic nitrogens is 8. The van der Waals surface area contributed by atoms with Gasteiger partial charge in [-0.1, -0.05) is 0 Å². The van der Waals surface area contributed by atoms with Crippen LogP contribution in [0.25, 0.3) is 28.1 Å². The highest BCUT2D eigenvalue weighted by molar-refractivity contribution is 5.94. The van der Waals surface area contributed by atoms with Gasteiger partial charge in [0.25, 0.3) is 0 Å². The third-order valence-electron chi connectivity index (χ3n) is 5.35. The summed E-state index contributed by atoms with van der Waals surface area (Å²) in [5.74, 6) is 1.14. The second-order valence-electron chi connectivity index (χ2n) is 7.55. The first kappa shape index (κ1) is 20.3. The summed E-state index contributed by atoms with van der Waals surface area (Å²) >= 11 is 0. The number of nitrogens with one attached hydrogen (secondary N) is 3. The first-order valence-electron chi connectivity index (χ1n) is 10.1. The number of pyridine rings is 1. The molecule has 0 aliphatic carbocycles. The molecule has 0 spiro atoms. The Balaban J connectivity index is 1.57. The second kappa shape index (κ2) is 7.82. The number of H-pyrrole nitrogens is 1. The lowest BCUT2D eigenvalue weighted by Gasteiger charge is -2.24. The van der Waals surface area contributed by atoms with Crippen molar-refractivity contribution in [2.45, 2.75) is 32.0 Å². The van der Waals surface area contributed by atoms with E-state index in [4.69, 9.17) is 0 Å². The highest BCUT2D eigenvalue weighted by Crippen LogP contribution is 2.38. The standard InChI is InChI=1S/C19H19F3N10/c1-10-29-30-31-32(10)15-5-4-12-13(8-24-17(12)27-15)16-14(19(20,21)22)9-25-18(28-16)26-11-3-2-6-23-7-11/h4-5,8-9,11,23H,2-3,6-7H2,1H3,(H,24,27)(H,25,26,28)/t11-/m0/s1. The maximum atomic E-state index is 13.8. The van der Waals surface area contributed by atoms with Crippen LogP contribution in [0.3, 0.4) is 0 Å². The molecule has 0 aromatic carbocycles. The molecule has 32 heavy (non-hydrogen) atoms. The predicted octanol–water partition coefficient (Wildman–Crippen LogP) is 2.49. The molecule has 4 aromatic heterocycles. The number of alkyl halides is 3. The van der Waals surface area contributed by atoms with E-state index in [0.717, 1.165) is 25.6 Å². The van der Waals surface area contributed by atoms with Crippen molar-refractivity contribution in [3.05, 3.63) is 35.9 Å². The lowest BCUT2D eigenvalue weighted by molar-refractivity contribution is -0.137. The van der Waals surface area contributed by atoms with Gasteiger partial charge >= 0.3 is 6.18 Å². The lowest BCUT2D eigenvalue weighted by atomic mass is 10.1. The van der Waals surface area contributed by atoms with Crippen LogP contribution < -0.4 is 10.6 Å². The summed E-state index contributed by atoms with van der Waals surface area (Å²) in [5, 5.41) is 18.2. The monoisotopic (exact) mass is 444 g/mol. The van der Waals surface area contributed by atoms with Crippen LogP contribution in [-0.4, -0.2) is 59.3 Å². The molecule has 0 saturated carbocycles. The number of aromatic amines is 1. The van der Waals surface area contributed by atoms with Crippen LogP contribution in [0.4, 0.5) is 19.1 Å². The van der Waals surface area contributed by atoms with Gasteiger partial charge in [-0.05, 0) is 48.9 Å². The van der Waals surface area contributed by atoms with Crippen LogP contribution in [-0.2, 0) is 6.18 Å². The normalized spacial score (nSPS) is 17.1. The summed E-state index contributed by atoms with van der Waals surface area (Å²) in [4.78, 5) is 15.6. The zero-order chi connectivity index (χ0) is 22.3. The minimum atomic E-state index is -4.61. The Morgan fingerprint density at radius 2 is 2.09 bits per heavy atom. The van der Waals surface area contributed by atoms with E-state index < -0.39 is 11.7 Å². The first-order chi connectivity index (χ1) is 15.4. The van der Waals surface area contributed by atoms with Crippen molar-refractivity contribution in [3.8, 4) is 17.1 Å². The average molecular weight is 444 g/mol. The van der Waals surface area contributed by atoms with E-state index in [1.807, 2.05) is 0 Å². The largest absolute Gasteiger partial charge is 0.419 e. The third-order valence-corrected chi connectivity index (χ3v) is 5.35. The molecule has 3 N–H and O–H groups in total. The summed E-state index contributed by atoms with van der Waals surface area (Å²) in [6.07, 6.45) is -0.449. The predicted molar refractivity (Wildman–Crippen MR) is 109 cm³/mol. The Hall–Kier alpha value is -3.61. The average Bonchev–Trinajstić information content (AvgIpc) is 3.39. The van der Waals surface area contributed by atoms with E-state index in [2.05, 4.69) is 46.1 Å². The molecule has 13 heteroatoms. The highest BCUT2D eigenvalue weighted by Gasteiger charge is 2.36. The molecule has 5 rings (SSSR count). The van der Waals surface area contributed by atoms with Gasteiger partial charge in [-0.2, -0.15) is 17.9 Å². The molecule has 5 heterocycles. The molecule has 0 radical (unpaired) electrons. The van der Waals surface area contributed by atoms with Crippen LogP contribution in [0.5, 0.6) is 0 Å². The molecule has 0 bridgehead atoms. The fourth-order valence-corrected chi connectivity index (χ4v) is 3.77. The van der Waals surface area contributed by atoms with Gasteiger partial charge in [-0.25, -0.2) is 15.0 Å². The van der Waals surface area contributed by atoms with Gasteiger partial charge in [0, 0.05) is 35.9 Å². The Kier molecular flexibility index (Phi) is 4.96. The number of halogens is 3. The Bertz CT molecular complexity index is 1260. The number of hydrogen-bond donors (Lipinski definition) is 3. The van der Waals surface area contributed by atoms with Gasteiger partial charge in [0.15, 0.2) is 11.6 Å². The van der Waals surface area contributed by atoms with Gasteiger partial charge in [-0.3, -0.25) is 0 Å². The van der Waals surface area contributed by atoms with Crippen LogP contribution in [0.2, 0.25) is 0 Å². The zero-order valence-electron chi connectivity index (χ0n) is 17.0. The molecule has 4 aromatic rings. The molecule has 10 nitrogen and oxygen atoms in total. The lowest BCUT2D eigenvalue weighted by Crippen LogP contribution is -2.38. The van der Waals surface area contributed by atoms with Crippen LogP contribution >= 0.6 is 0 Å². The number of rotatable bonds is 4. The van der Waals surface area contributed by atoms with E-state index >= 15 is 0 Å². The summed E-state index contributed by atoms with van der Waals surface area (Å²) in [7, 11) is 0. The number of piperidine rings is 1. The number of hydrogen-bond acceptors (Lipinski definition) is 8. The third kappa shape index (κ3) is 3.75. The first-order valence-corrected chi connectivity index (χ1v) is 10.1. The molecular formula is C19H19F3N10. The van der Waals surface area contributed by atoms with Gasteiger partial charge in [-0.15, -0.1) is 5.10 Å². The van der Waals surface area contributed by atoms with Crippen LogP contribution in [0.1, 0.15) is 24.2 Å². The van der Waals surface area contributed by atoms with Crippen molar-refractivity contribution in [1.29, 1.82) is 0 Å². The smallest absolute Gasteiger partial charge is 0.350 e.